The third-order valence-corrected chi connectivity index (χ3v) is 2.88. The average molecular weight is 259 g/mol. The van der Waals surface area contributed by atoms with Gasteiger partial charge in [0, 0.05) is 12.3 Å². The fourth-order valence-corrected chi connectivity index (χ4v) is 1.98. The summed E-state index contributed by atoms with van der Waals surface area (Å²) in [4.78, 5) is 11.4. The van der Waals surface area contributed by atoms with E-state index in [0.717, 1.165) is 11.5 Å². The number of allylic oxidation sites excluding steroid dienone is 3. The Labute approximate surface area is 90.9 Å². The fraction of sp³-hybridized carbons (Fsp3) is 0.500. The molecule has 0 radical (unpaired) electrons. The molecule has 0 fully saturated rings. The van der Waals surface area contributed by atoms with Crippen LogP contribution < -0.4 is 0 Å². The molecule has 2 rings (SSSR count). The molecule has 0 N–H and O–H groups in total. The number of rotatable bonds is 2. The Kier molecular flexibility index (Phi) is 2.91. The molecule has 14 heavy (non-hydrogen) atoms. The zero-order chi connectivity index (χ0) is 9.97. The predicted octanol–water partition coefficient (Wildman–Crippen LogP) is 1.78. The maximum atomic E-state index is 11.4. The molecule has 0 saturated heterocycles. The molecule has 0 aromatic heterocycles. The van der Waals surface area contributed by atoms with Gasteiger partial charge in [-0.25, -0.2) is 0 Å². The molecule has 0 aromatic carbocycles. The van der Waals surface area contributed by atoms with Crippen LogP contribution in [0.1, 0.15) is 6.42 Å². The lowest BCUT2D eigenvalue weighted by molar-refractivity contribution is -0.119. The van der Waals surface area contributed by atoms with E-state index in [4.69, 9.17) is 9.47 Å². The molecule has 0 aromatic rings. The predicted molar refractivity (Wildman–Crippen MR) is 55.0 cm³/mol. The van der Waals surface area contributed by atoms with Gasteiger partial charge in [-0.15, -0.1) is 0 Å². The van der Waals surface area contributed by atoms with Crippen LogP contribution in [0.25, 0.3) is 0 Å². The van der Waals surface area contributed by atoms with Crippen LogP contribution in [-0.2, 0) is 14.3 Å². The fourth-order valence-electron chi connectivity index (χ4n) is 1.56. The Bertz CT molecular complexity index is 306. The van der Waals surface area contributed by atoms with Gasteiger partial charge in [-0.3, -0.25) is 4.79 Å². The first-order chi connectivity index (χ1) is 6.81. The minimum atomic E-state index is -0.0603. The summed E-state index contributed by atoms with van der Waals surface area (Å²) in [6.45, 7) is 1.18. The van der Waals surface area contributed by atoms with Gasteiger partial charge in [0.25, 0.3) is 0 Å². The lowest BCUT2D eigenvalue weighted by atomic mass is 9.95. The van der Waals surface area contributed by atoms with E-state index in [1.54, 1.807) is 0 Å². The highest BCUT2D eigenvalue weighted by atomic mass is 79.9. The third-order valence-electron chi connectivity index (χ3n) is 2.32. The highest BCUT2D eigenvalue weighted by Crippen LogP contribution is 2.28. The van der Waals surface area contributed by atoms with Crippen molar-refractivity contribution in [1.29, 1.82) is 0 Å². The van der Waals surface area contributed by atoms with Crippen LogP contribution >= 0.6 is 15.9 Å². The van der Waals surface area contributed by atoms with Crippen molar-refractivity contribution in [3.63, 3.8) is 0 Å². The van der Waals surface area contributed by atoms with Crippen LogP contribution in [0.3, 0.4) is 0 Å². The summed E-state index contributed by atoms with van der Waals surface area (Å²) in [7, 11) is 0. The summed E-state index contributed by atoms with van der Waals surface area (Å²) in [5.41, 5.74) is 0. The van der Waals surface area contributed by atoms with E-state index in [1.165, 1.54) is 0 Å². The van der Waals surface area contributed by atoms with Crippen LogP contribution in [0.2, 0.25) is 0 Å². The molecule has 3 nitrogen and oxygen atoms in total. The SMILES string of the molecule is O=C(CBr)C1C=CC2=C(C1)OCCO2. The second-order valence-corrected chi connectivity index (χ2v) is 3.81. The normalized spacial score (nSPS) is 25.1. The van der Waals surface area contributed by atoms with Crippen molar-refractivity contribution in [3.05, 3.63) is 23.7 Å². The monoisotopic (exact) mass is 258 g/mol. The molecule has 0 spiro atoms. The highest BCUT2D eigenvalue weighted by molar-refractivity contribution is 9.09. The first-order valence-electron chi connectivity index (χ1n) is 4.57. The lowest BCUT2D eigenvalue weighted by Gasteiger charge is -2.25. The van der Waals surface area contributed by atoms with Crippen LogP contribution in [0.15, 0.2) is 23.7 Å². The Morgan fingerprint density at radius 2 is 2.29 bits per heavy atom. The van der Waals surface area contributed by atoms with Gasteiger partial charge in [-0.05, 0) is 6.08 Å². The second-order valence-electron chi connectivity index (χ2n) is 3.25. The summed E-state index contributed by atoms with van der Waals surface area (Å²) in [6, 6.07) is 0. The molecule has 1 unspecified atom stereocenters. The van der Waals surface area contributed by atoms with Crippen molar-refractivity contribution < 1.29 is 14.3 Å². The lowest BCUT2D eigenvalue weighted by Crippen LogP contribution is -2.22. The van der Waals surface area contributed by atoms with Gasteiger partial charge < -0.3 is 9.47 Å². The summed E-state index contributed by atoms with van der Waals surface area (Å²) in [5, 5.41) is 0.394. The number of carbonyl (C=O) groups is 1. The van der Waals surface area contributed by atoms with Crippen LogP contribution in [-0.4, -0.2) is 24.3 Å². The molecular formula is C10H11BrO3. The third kappa shape index (κ3) is 1.85. The number of Topliss-reactive ketones (excluding diaryl/α,β-unsaturated/α-hetero) is 1. The van der Waals surface area contributed by atoms with E-state index in [1.807, 2.05) is 12.2 Å². The van der Waals surface area contributed by atoms with Gasteiger partial charge in [-0.2, -0.15) is 0 Å². The van der Waals surface area contributed by atoms with Crippen LogP contribution in [0, 0.1) is 5.92 Å². The molecule has 0 bridgehead atoms. The Morgan fingerprint density at radius 1 is 1.50 bits per heavy atom. The van der Waals surface area contributed by atoms with Crippen molar-refractivity contribution >= 4 is 21.7 Å². The van der Waals surface area contributed by atoms with Gasteiger partial charge in [-0.1, -0.05) is 22.0 Å². The van der Waals surface area contributed by atoms with Crippen LogP contribution in [0.5, 0.6) is 0 Å². The van der Waals surface area contributed by atoms with E-state index < -0.39 is 0 Å². The molecule has 0 saturated carbocycles. The number of alkyl halides is 1. The van der Waals surface area contributed by atoms with Gasteiger partial charge in [0.1, 0.15) is 19.0 Å². The van der Waals surface area contributed by atoms with Gasteiger partial charge >= 0.3 is 0 Å². The molecule has 0 amide bonds. The quantitative estimate of drug-likeness (QED) is 0.709. The topological polar surface area (TPSA) is 35.5 Å². The molecule has 1 aliphatic heterocycles. The van der Waals surface area contributed by atoms with Crippen LogP contribution in [0.4, 0.5) is 0 Å². The number of ether oxygens (including phenoxy) is 2. The smallest absolute Gasteiger partial charge is 0.156 e. The molecule has 1 atom stereocenters. The standard InChI is InChI=1S/C10H11BrO3/c11-6-8(12)7-1-2-9-10(5-7)14-4-3-13-9/h1-2,7H,3-6H2. The Morgan fingerprint density at radius 3 is 3.07 bits per heavy atom. The zero-order valence-corrected chi connectivity index (χ0v) is 9.25. The van der Waals surface area contributed by atoms with Gasteiger partial charge in [0.2, 0.25) is 0 Å². The average Bonchev–Trinajstić information content (AvgIpc) is 2.27. The maximum absolute atomic E-state index is 11.4. The zero-order valence-electron chi connectivity index (χ0n) is 7.66. The molecule has 1 aliphatic carbocycles. The minimum absolute atomic E-state index is 0.0603. The molecule has 2 aliphatic rings. The van der Waals surface area contributed by atoms with E-state index in [0.29, 0.717) is 25.0 Å². The van der Waals surface area contributed by atoms with Crippen molar-refractivity contribution in [1.82, 2.24) is 0 Å². The summed E-state index contributed by atoms with van der Waals surface area (Å²) in [6.07, 6.45) is 4.36. The second kappa shape index (κ2) is 4.17. The number of hydrogen-bond donors (Lipinski definition) is 0. The van der Waals surface area contributed by atoms with E-state index in [-0.39, 0.29) is 11.7 Å². The number of hydrogen-bond acceptors (Lipinski definition) is 3. The maximum Gasteiger partial charge on any atom is 0.156 e. The summed E-state index contributed by atoms with van der Waals surface area (Å²) < 4.78 is 10.8. The first-order valence-corrected chi connectivity index (χ1v) is 5.69. The van der Waals surface area contributed by atoms with Crippen molar-refractivity contribution in [2.24, 2.45) is 5.92 Å². The number of carbonyl (C=O) groups excluding carboxylic acids is 1. The van der Waals surface area contributed by atoms with Crippen molar-refractivity contribution in [2.45, 2.75) is 6.42 Å². The number of ketones is 1. The van der Waals surface area contributed by atoms with E-state index in [2.05, 4.69) is 15.9 Å². The van der Waals surface area contributed by atoms with E-state index >= 15 is 0 Å². The van der Waals surface area contributed by atoms with Gasteiger partial charge in [0.05, 0.1) is 5.33 Å². The van der Waals surface area contributed by atoms with Gasteiger partial charge in [0.15, 0.2) is 11.5 Å². The molecule has 76 valence electrons. The molecular weight excluding hydrogens is 248 g/mol. The minimum Gasteiger partial charge on any atom is -0.490 e. The Hall–Kier alpha value is -0.770. The van der Waals surface area contributed by atoms with E-state index in [9.17, 15) is 4.79 Å². The summed E-state index contributed by atoms with van der Waals surface area (Å²) >= 11 is 3.17. The van der Waals surface area contributed by atoms with Crippen molar-refractivity contribution in [2.75, 3.05) is 18.5 Å². The largest absolute Gasteiger partial charge is 0.490 e. The Balaban J connectivity index is 2.10. The molecule has 1 heterocycles. The van der Waals surface area contributed by atoms with Crippen molar-refractivity contribution in [3.8, 4) is 0 Å². The first kappa shape index (κ1) is 9.77. The number of halogens is 1. The summed E-state index contributed by atoms with van der Waals surface area (Å²) in [5.74, 6) is 1.73. The highest BCUT2D eigenvalue weighted by Gasteiger charge is 2.25. The molecule has 4 heteroatoms.